The number of fused-ring (bicyclic) bond motifs is 7. The van der Waals surface area contributed by atoms with Crippen molar-refractivity contribution in [3.05, 3.63) is 169 Å². The Kier molecular flexibility index (Phi) is 7.01. The summed E-state index contributed by atoms with van der Waals surface area (Å²) in [7, 11) is 0. The summed E-state index contributed by atoms with van der Waals surface area (Å²) >= 11 is 0. The normalized spacial score (nSPS) is 14.0. The largest absolute Gasteiger partial charge is 0.456 e. The molecule has 1 aliphatic carbocycles. The molecular formula is C52H38O. The van der Waals surface area contributed by atoms with Crippen molar-refractivity contribution >= 4 is 65.0 Å². The van der Waals surface area contributed by atoms with E-state index < -0.39 is 0 Å². The summed E-state index contributed by atoms with van der Waals surface area (Å²) in [4.78, 5) is 0. The maximum absolute atomic E-state index is 6.70. The van der Waals surface area contributed by atoms with E-state index in [1.807, 2.05) is 0 Å². The van der Waals surface area contributed by atoms with Crippen LogP contribution in [0.15, 0.2) is 168 Å². The minimum Gasteiger partial charge on any atom is -0.456 e. The summed E-state index contributed by atoms with van der Waals surface area (Å²) in [5.74, 6) is 0.617. The molecule has 1 fully saturated rings. The van der Waals surface area contributed by atoms with Gasteiger partial charge in [-0.2, -0.15) is 0 Å². The van der Waals surface area contributed by atoms with Crippen molar-refractivity contribution in [3.8, 4) is 33.4 Å². The van der Waals surface area contributed by atoms with Crippen molar-refractivity contribution in [1.82, 2.24) is 0 Å². The lowest BCUT2D eigenvalue weighted by Gasteiger charge is -2.26. The van der Waals surface area contributed by atoms with Crippen molar-refractivity contribution in [2.75, 3.05) is 0 Å². The fourth-order valence-electron chi connectivity index (χ4n) is 9.75. The second-order valence-electron chi connectivity index (χ2n) is 14.9. The summed E-state index contributed by atoms with van der Waals surface area (Å²) in [5.41, 5.74) is 10.9. The Balaban J connectivity index is 1.11. The predicted octanol–water partition coefficient (Wildman–Crippen LogP) is 15.2. The van der Waals surface area contributed by atoms with Crippen molar-refractivity contribution in [3.63, 3.8) is 0 Å². The van der Waals surface area contributed by atoms with Gasteiger partial charge in [0.05, 0.1) is 0 Å². The molecule has 9 aromatic carbocycles. The average Bonchev–Trinajstić information content (AvgIpc) is 3.59. The van der Waals surface area contributed by atoms with E-state index in [0.717, 1.165) is 21.9 Å². The molecule has 1 aliphatic rings. The van der Waals surface area contributed by atoms with Gasteiger partial charge in [-0.3, -0.25) is 0 Å². The fourth-order valence-corrected chi connectivity index (χ4v) is 9.75. The van der Waals surface area contributed by atoms with Gasteiger partial charge in [-0.1, -0.05) is 159 Å². The van der Waals surface area contributed by atoms with Gasteiger partial charge < -0.3 is 4.42 Å². The Morgan fingerprint density at radius 2 is 0.774 bits per heavy atom. The molecule has 1 aromatic heterocycles. The van der Waals surface area contributed by atoms with Crippen LogP contribution in [0.3, 0.4) is 0 Å². The number of furan rings is 1. The van der Waals surface area contributed by atoms with Crippen molar-refractivity contribution < 1.29 is 4.42 Å². The molecule has 0 aliphatic heterocycles. The van der Waals surface area contributed by atoms with Crippen LogP contribution in [0, 0.1) is 0 Å². The van der Waals surface area contributed by atoms with E-state index >= 15 is 0 Å². The highest BCUT2D eigenvalue weighted by molar-refractivity contribution is 6.22. The zero-order valence-electron chi connectivity index (χ0n) is 29.6. The molecule has 0 radical (unpaired) electrons. The Morgan fingerprint density at radius 1 is 0.321 bits per heavy atom. The van der Waals surface area contributed by atoms with Gasteiger partial charge in [-0.15, -0.1) is 0 Å². The topological polar surface area (TPSA) is 13.1 Å². The van der Waals surface area contributed by atoms with Crippen LogP contribution in [0.25, 0.3) is 98.4 Å². The second-order valence-corrected chi connectivity index (χ2v) is 14.9. The van der Waals surface area contributed by atoms with Crippen LogP contribution in [-0.4, -0.2) is 0 Å². The molecule has 11 rings (SSSR count). The Hall–Kier alpha value is -6.18. The van der Waals surface area contributed by atoms with Crippen molar-refractivity contribution in [1.29, 1.82) is 0 Å². The summed E-state index contributed by atoms with van der Waals surface area (Å²) in [6.45, 7) is 0. The van der Waals surface area contributed by atoms with Crippen LogP contribution < -0.4 is 0 Å². The molecule has 0 saturated heterocycles. The average molecular weight is 679 g/mol. The summed E-state index contributed by atoms with van der Waals surface area (Å²) in [6, 6.07) is 60.4. The van der Waals surface area contributed by atoms with Gasteiger partial charge in [0.1, 0.15) is 11.2 Å². The first-order valence-corrected chi connectivity index (χ1v) is 19.2. The fraction of sp³-hybridized carbons (Fsp3) is 0.115. The molecule has 53 heavy (non-hydrogen) atoms. The van der Waals surface area contributed by atoms with Crippen LogP contribution in [-0.2, 0) is 0 Å². The zero-order chi connectivity index (χ0) is 34.9. The minimum atomic E-state index is 0.617. The highest BCUT2D eigenvalue weighted by Gasteiger charge is 2.24. The molecular weight excluding hydrogens is 641 g/mol. The Labute approximate surface area is 309 Å². The maximum Gasteiger partial charge on any atom is 0.136 e. The monoisotopic (exact) mass is 678 g/mol. The van der Waals surface area contributed by atoms with Gasteiger partial charge >= 0.3 is 0 Å². The van der Waals surface area contributed by atoms with Gasteiger partial charge in [0.15, 0.2) is 0 Å². The molecule has 0 amide bonds. The van der Waals surface area contributed by atoms with Crippen LogP contribution in [0.5, 0.6) is 0 Å². The molecule has 0 spiro atoms. The molecule has 1 heteroatoms. The van der Waals surface area contributed by atoms with E-state index in [4.69, 9.17) is 4.42 Å². The summed E-state index contributed by atoms with van der Waals surface area (Å²) in [5, 5.41) is 12.8. The molecule has 10 aromatic rings. The van der Waals surface area contributed by atoms with Crippen LogP contribution in [0.2, 0.25) is 0 Å². The molecule has 252 valence electrons. The van der Waals surface area contributed by atoms with Crippen LogP contribution in [0.1, 0.15) is 43.6 Å². The van der Waals surface area contributed by atoms with Gasteiger partial charge in [0.25, 0.3) is 0 Å². The summed E-state index contributed by atoms with van der Waals surface area (Å²) < 4.78 is 6.70. The lowest BCUT2D eigenvalue weighted by molar-refractivity contribution is 0.447. The van der Waals surface area contributed by atoms with E-state index in [1.165, 1.54) is 109 Å². The van der Waals surface area contributed by atoms with Crippen LogP contribution >= 0.6 is 0 Å². The first-order valence-electron chi connectivity index (χ1n) is 19.2. The minimum absolute atomic E-state index is 0.617. The van der Waals surface area contributed by atoms with E-state index in [1.54, 1.807) is 5.56 Å². The summed E-state index contributed by atoms with van der Waals surface area (Å²) in [6.07, 6.45) is 6.58. The quantitative estimate of drug-likeness (QED) is 0.169. The molecule has 1 nitrogen and oxygen atoms in total. The first kappa shape index (κ1) is 30.4. The predicted molar refractivity (Wildman–Crippen MR) is 226 cm³/mol. The Bertz CT molecular complexity index is 2920. The van der Waals surface area contributed by atoms with Gasteiger partial charge in [0.2, 0.25) is 0 Å². The Morgan fingerprint density at radius 3 is 1.34 bits per heavy atom. The highest BCUT2D eigenvalue weighted by atomic mass is 16.3. The lowest BCUT2D eigenvalue weighted by Crippen LogP contribution is -2.06. The highest BCUT2D eigenvalue weighted by Crippen LogP contribution is 2.48. The van der Waals surface area contributed by atoms with E-state index in [-0.39, 0.29) is 0 Å². The molecule has 0 N–H and O–H groups in total. The number of hydrogen-bond donors (Lipinski definition) is 0. The smallest absolute Gasteiger partial charge is 0.136 e. The number of rotatable bonds is 4. The third-order valence-corrected chi connectivity index (χ3v) is 12.0. The van der Waals surface area contributed by atoms with Crippen LogP contribution in [0.4, 0.5) is 0 Å². The van der Waals surface area contributed by atoms with Gasteiger partial charge in [-0.05, 0) is 125 Å². The molecule has 0 atom stereocenters. The van der Waals surface area contributed by atoms with Crippen molar-refractivity contribution in [2.45, 2.75) is 38.0 Å². The number of benzene rings is 9. The third-order valence-electron chi connectivity index (χ3n) is 12.0. The lowest BCUT2D eigenvalue weighted by atomic mass is 9.78. The SMILES string of the molecule is c1ccc(-c2c3ccccc3c(-c3ccc4c(c3)oc3ccc(-c5c6ccccc6c(C6CCCCC6)c6ccccc56)cc34)c3ccccc23)cc1. The number of hydrogen-bond acceptors (Lipinski definition) is 1. The van der Waals surface area contributed by atoms with Gasteiger partial charge in [-0.25, -0.2) is 0 Å². The van der Waals surface area contributed by atoms with E-state index in [2.05, 4.69) is 164 Å². The molecule has 1 heterocycles. The van der Waals surface area contributed by atoms with Gasteiger partial charge in [0, 0.05) is 10.8 Å². The zero-order valence-corrected chi connectivity index (χ0v) is 29.6. The molecule has 0 bridgehead atoms. The first-order chi connectivity index (χ1) is 26.3. The molecule has 0 unspecified atom stereocenters. The molecule has 1 saturated carbocycles. The van der Waals surface area contributed by atoms with E-state index in [0.29, 0.717) is 5.92 Å². The third kappa shape index (κ3) is 4.77. The van der Waals surface area contributed by atoms with E-state index in [9.17, 15) is 0 Å². The standard InChI is InChI=1S/C52H38O/c1-3-15-33(16-4-1)49-38-19-7-11-23-42(38)51(43-24-12-8-20-39(43)49)35-28-30-47-46(31-35)37-29-27-36(32-48(37)53-47)52-44-25-13-9-21-40(44)50(34-17-5-2-6-18-34)41-22-10-14-26-45(41)52/h2,5-14,17-33H,1,3-4,15-16H2. The second kappa shape index (κ2) is 12.2. The maximum atomic E-state index is 6.70. The van der Waals surface area contributed by atoms with Crippen molar-refractivity contribution in [2.24, 2.45) is 0 Å².